The first kappa shape index (κ1) is 20.5. The van der Waals surface area contributed by atoms with Gasteiger partial charge in [-0.3, -0.25) is 4.99 Å². The fourth-order valence-electron chi connectivity index (χ4n) is 2.38. The van der Waals surface area contributed by atoms with Crippen LogP contribution in [0.3, 0.4) is 0 Å². The molecule has 0 saturated carbocycles. The third-order valence-electron chi connectivity index (χ3n) is 3.81. The molecule has 27 heavy (non-hydrogen) atoms. The van der Waals surface area contributed by atoms with E-state index in [-0.39, 0.29) is 0 Å². The van der Waals surface area contributed by atoms with Crippen LogP contribution in [0.4, 0.5) is 0 Å². The van der Waals surface area contributed by atoms with E-state index in [2.05, 4.69) is 22.2 Å². The quantitative estimate of drug-likeness (QED) is 0.413. The summed E-state index contributed by atoms with van der Waals surface area (Å²) in [7, 11) is -1.48. The Bertz CT molecular complexity index is 891. The molecule has 0 unspecified atom stereocenters. The van der Waals surface area contributed by atoms with Gasteiger partial charge in [-0.1, -0.05) is 43.0 Å². The molecule has 2 aromatic carbocycles. The summed E-state index contributed by atoms with van der Waals surface area (Å²) >= 11 is 0. The van der Waals surface area contributed by atoms with Gasteiger partial charge in [-0.05, 0) is 23.8 Å². The van der Waals surface area contributed by atoms with Gasteiger partial charge >= 0.3 is 0 Å². The van der Waals surface area contributed by atoms with Crippen LogP contribution in [0.15, 0.2) is 71.1 Å². The van der Waals surface area contributed by atoms with Crippen LogP contribution in [-0.2, 0) is 22.9 Å². The van der Waals surface area contributed by atoms with Crippen LogP contribution in [-0.4, -0.2) is 34.3 Å². The SMILES string of the molecule is C=CCOc1ccccc1CNC(=NC)NCc1ccc(S(C)(=O)=O)cc1. The Morgan fingerprint density at radius 2 is 1.78 bits per heavy atom. The highest BCUT2D eigenvalue weighted by atomic mass is 32.2. The summed E-state index contributed by atoms with van der Waals surface area (Å²) in [4.78, 5) is 4.52. The first-order chi connectivity index (χ1) is 12.9. The molecule has 0 bridgehead atoms. The fraction of sp³-hybridized carbons (Fsp3) is 0.250. The second-order valence-corrected chi connectivity index (χ2v) is 7.92. The molecular formula is C20H25N3O3S. The predicted octanol–water partition coefficient (Wildman–Crippen LogP) is 2.52. The van der Waals surface area contributed by atoms with Gasteiger partial charge in [-0.15, -0.1) is 0 Å². The molecule has 0 fully saturated rings. The van der Waals surface area contributed by atoms with Crippen LogP contribution in [0.5, 0.6) is 5.75 Å². The fourth-order valence-corrected chi connectivity index (χ4v) is 3.01. The molecule has 6 nitrogen and oxygen atoms in total. The minimum atomic E-state index is -3.18. The van der Waals surface area contributed by atoms with Gasteiger partial charge in [0.1, 0.15) is 12.4 Å². The lowest BCUT2D eigenvalue weighted by Gasteiger charge is -2.14. The largest absolute Gasteiger partial charge is 0.489 e. The third-order valence-corrected chi connectivity index (χ3v) is 4.94. The number of sulfone groups is 1. The normalized spacial score (nSPS) is 11.7. The first-order valence-corrected chi connectivity index (χ1v) is 10.4. The van der Waals surface area contributed by atoms with Gasteiger partial charge in [0.2, 0.25) is 0 Å². The van der Waals surface area contributed by atoms with Crippen LogP contribution in [0, 0.1) is 0 Å². The molecule has 2 aromatic rings. The van der Waals surface area contributed by atoms with E-state index in [0.717, 1.165) is 16.9 Å². The molecule has 0 spiro atoms. The number of hydrogen-bond donors (Lipinski definition) is 2. The van der Waals surface area contributed by atoms with E-state index in [1.165, 1.54) is 6.26 Å². The monoisotopic (exact) mass is 387 g/mol. The number of para-hydroxylation sites is 1. The van der Waals surface area contributed by atoms with Gasteiger partial charge in [0.15, 0.2) is 15.8 Å². The van der Waals surface area contributed by atoms with Gasteiger partial charge in [0.05, 0.1) is 4.90 Å². The second-order valence-electron chi connectivity index (χ2n) is 5.90. The van der Waals surface area contributed by atoms with Gasteiger partial charge in [-0.25, -0.2) is 8.42 Å². The Morgan fingerprint density at radius 1 is 1.11 bits per heavy atom. The van der Waals surface area contributed by atoms with Crippen molar-refractivity contribution in [1.82, 2.24) is 10.6 Å². The van der Waals surface area contributed by atoms with Crippen molar-refractivity contribution in [2.24, 2.45) is 4.99 Å². The molecule has 0 aromatic heterocycles. The van der Waals surface area contributed by atoms with Crippen LogP contribution in [0.1, 0.15) is 11.1 Å². The minimum absolute atomic E-state index is 0.310. The van der Waals surface area contributed by atoms with E-state index in [1.807, 2.05) is 24.3 Å². The number of benzene rings is 2. The van der Waals surface area contributed by atoms with Gasteiger partial charge in [0, 0.05) is 32.0 Å². The number of ether oxygens (including phenoxy) is 1. The van der Waals surface area contributed by atoms with Crippen molar-refractivity contribution in [2.45, 2.75) is 18.0 Å². The molecule has 2 rings (SSSR count). The predicted molar refractivity (Wildman–Crippen MR) is 109 cm³/mol. The minimum Gasteiger partial charge on any atom is -0.489 e. The molecule has 0 heterocycles. The lowest BCUT2D eigenvalue weighted by molar-refractivity contribution is 0.358. The van der Waals surface area contributed by atoms with Crippen LogP contribution in [0.25, 0.3) is 0 Å². The number of hydrogen-bond acceptors (Lipinski definition) is 4. The Kier molecular flexibility index (Phi) is 7.43. The molecule has 0 aliphatic heterocycles. The zero-order valence-corrected chi connectivity index (χ0v) is 16.4. The summed E-state index contributed by atoms with van der Waals surface area (Å²) in [6.45, 7) is 5.20. The Balaban J connectivity index is 1.92. The zero-order valence-electron chi connectivity index (χ0n) is 15.6. The highest BCUT2D eigenvalue weighted by molar-refractivity contribution is 7.90. The van der Waals surface area contributed by atoms with Crippen molar-refractivity contribution in [1.29, 1.82) is 0 Å². The average Bonchev–Trinajstić information content (AvgIpc) is 2.67. The number of guanidine groups is 1. The molecule has 0 atom stereocenters. The maximum absolute atomic E-state index is 11.5. The molecule has 0 radical (unpaired) electrons. The molecular weight excluding hydrogens is 362 g/mol. The molecule has 0 aliphatic rings. The maximum atomic E-state index is 11.5. The molecule has 0 amide bonds. The Morgan fingerprint density at radius 3 is 2.41 bits per heavy atom. The topological polar surface area (TPSA) is 79.8 Å². The second kappa shape index (κ2) is 9.78. The number of aliphatic imine (C=N–C) groups is 1. The number of nitrogens with zero attached hydrogens (tertiary/aromatic N) is 1. The van der Waals surface area contributed by atoms with E-state index in [1.54, 1.807) is 37.4 Å². The van der Waals surface area contributed by atoms with Crippen LogP contribution < -0.4 is 15.4 Å². The van der Waals surface area contributed by atoms with E-state index < -0.39 is 9.84 Å². The van der Waals surface area contributed by atoms with Crippen molar-refractivity contribution in [2.75, 3.05) is 19.9 Å². The Hall–Kier alpha value is -2.80. The summed E-state index contributed by atoms with van der Waals surface area (Å²) in [5.41, 5.74) is 1.97. The lowest BCUT2D eigenvalue weighted by atomic mass is 10.2. The zero-order chi connectivity index (χ0) is 19.7. The van der Waals surface area contributed by atoms with Crippen LogP contribution in [0.2, 0.25) is 0 Å². The smallest absolute Gasteiger partial charge is 0.191 e. The highest BCUT2D eigenvalue weighted by Gasteiger charge is 2.07. The van der Waals surface area contributed by atoms with E-state index >= 15 is 0 Å². The number of nitrogens with one attached hydrogen (secondary N) is 2. The molecule has 144 valence electrons. The molecule has 7 heteroatoms. The van der Waals surface area contributed by atoms with Crippen molar-refractivity contribution >= 4 is 15.8 Å². The van der Waals surface area contributed by atoms with Crippen molar-refractivity contribution in [3.05, 3.63) is 72.3 Å². The first-order valence-electron chi connectivity index (χ1n) is 8.49. The summed E-state index contributed by atoms with van der Waals surface area (Å²) in [5, 5.41) is 6.45. The van der Waals surface area contributed by atoms with Crippen LogP contribution >= 0.6 is 0 Å². The summed E-state index contributed by atoms with van der Waals surface area (Å²) in [6, 6.07) is 14.6. The summed E-state index contributed by atoms with van der Waals surface area (Å²) in [5.74, 6) is 1.44. The van der Waals surface area contributed by atoms with Gasteiger partial charge in [-0.2, -0.15) is 0 Å². The van der Waals surface area contributed by atoms with Crippen molar-refractivity contribution in [3.8, 4) is 5.75 Å². The molecule has 2 N–H and O–H groups in total. The highest BCUT2D eigenvalue weighted by Crippen LogP contribution is 2.17. The van der Waals surface area contributed by atoms with Crippen molar-refractivity contribution < 1.29 is 13.2 Å². The van der Waals surface area contributed by atoms with Gasteiger partial charge in [0.25, 0.3) is 0 Å². The Labute approximate surface area is 160 Å². The lowest BCUT2D eigenvalue weighted by Crippen LogP contribution is -2.36. The molecule has 0 aliphatic carbocycles. The molecule has 0 saturated heterocycles. The van der Waals surface area contributed by atoms with E-state index in [4.69, 9.17) is 4.74 Å². The summed E-state index contributed by atoms with van der Waals surface area (Å²) < 4.78 is 28.7. The average molecular weight is 388 g/mol. The third kappa shape index (κ3) is 6.45. The van der Waals surface area contributed by atoms with Gasteiger partial charge < -0.3 is 15.4 Å². The van der Waals surface area contributed by atoms with E-state index in [9.17, 15) is 8.42 Å². The standard InChI is InChI=1S/C20H25N3O3S/c1-4-13-26-19-8-6-5-7-17(19)15-23-20(21-2)22-14-16-9-11-18(12-10-16)27(3,24)25/h4-12H,1,13-15H2,2-3H3,(H2,21,22,23). The van der Waals surface area contributed by atoms with E-state index in [0.29, 0.717) is 30.6 Å². The van der Waals surface area contributed by atoms with Crippen molar-refractivity contribution in [3.63, 3.8) is 0 Å². The summed E-state index contributed by atoms with van der Waals surface area (Å²) in [6.07, 6.45) is 2.91. The maximum Gasteiger partial charge on any atom is 0.191 e. The number of rotatable bonds is 8.